The van der Waals surface area contributed by atoms with Crippen molar-refractivity contribution in [3.8, 4) is 0 Å². The Morgan fingerprint density at radius 1 is 1.07 bits per heavy atom. The van der Waals surface area contributed by atoms with Crippen LogP contribution in [0.2, 0.25) is 0 Å². The minimum atomic E-state index is -4.84. The van der Waals surface area contributed by atoms with Crippen molar-refractivity contribution >= 4 is 38.9 Å². The SMILES string of the molecule is CC(C)c1cnc(CCCCCNS(=O)(=O)c2ccc(C(=O)O)cc2NC(=O)c2ccc(C(F)(F)F)cc2F)s1. The Morgan fingerprint density at radius 2 is 1.80 bits per heavy atom. The number of nitrogens with zero attached hydrogens (tertiary/aromatic N) is 1. The number of thiazole rings is 1. The molecular weight excluding hydrogens is 574 g/mol. The van der Waals surface area contributed by atoms with E-state index < -0.39 is 55.6 Å². The van der Waals surface area contributed by atoms with E-state index in [-0.39, 0.29) is 18.2 Å². The topological polar surface area (TPSA) is 125 Å². The highest BCUT2D eigenvalue weighted by Gasteiger charge is 2.32. The Kier molecular flexibility index (Phi) is 10.0. The van der Waals surface area contributed by atoms with E-state index in [1.807, 2.05) is 6.20 Å². The molecule has 3 N–H and O–H groups in total. The van der Waals surface area contributed by atoms with Crippen LogP contribution in [-0.4, -0.2) is 36.9 Å². The summed E-state index contributed by atoms with van der Waals surface area (Å²) in [5.74, 6) is -3.77. The number of halogens is 4. The third-order valence-electron chi connectivity index (χ3n) is 5.81. The van der Waals surface area contributed by atoms with E-state index in [1.54, 1.807) is 11.3 Å². The van der Waals surface area contributed by atoms with Crippen molar-refractivity contribution < 1.29 is 40.7 Å². The van der Waals surface area contributed by atoms with Gasteiger partial charge >= 0.3 is 12.1 Å². The quantitative estimate of drug-likeness (QED) is 0.171. The lowest BCUT2D eigenvalue weighted by molar-refractivity contribution is -0.137. The fourth-order valence-corrected chi connectivity index (χ4v) is 5.81. The number of unbranched alkanes of at least 4 members (excludes halogenated alkanes) is 2. The van der Waals surface area contributed by atoms with E-state index in [4.69, 9.17) is 0 Å². The first-order chi connectivity index (χ1) is 18.7. The number of aryl methyl sites for hydroxylation is 1. The first kappa shape index (κ1) is 31.2. The molecule has 14 heteroatoms. The van der Waals surface area contributed by atoms with Gasteiger partial charge in [-0.1, -0.05) is 20.3 Å². The van der Waals surface area contributed by atoms with Crippen LogP contribution in [0.1, 0.15) is 75.2 Å². The van der Waals surface area contributed by atoms with Gasteiger partial charge in [-0.05, 0) is 61.6 Å². The number of aromatic nitrogens is 1. The fourth-order valence-electron chi connectivity index (χ4n) is 3.63. The number of carbonyl (C=O) groups excluding carboxylic acids is 1. The first-order valence-electron chi connectivity index (χ1n) is 12.2. The molecule has 1 amide bonds. The normalized spacial score (nSPS) is 12.1. The van der Waals surface area contributed by atoms with Gasteiger partial charge in [0.25, 0.3) is 5.91 Å². The van der Waals surface area contributed by atoms with Crippen molar-refractivity contribution in [3.05, 3.63) is 75.0 Å². The molecule has 0 fully saturated rings. The first-order valence-corrected chi connectivity index (χ1v) is 14.5. The highest BCUT2D eigenvalue weighted by atomic mass is 32.2. The largest absolute Gasteiger partial charge is 0.478 e. The van der Waals surface area contributed by atoms with Gasteiger partial charge in [0.15, 0.2) is 0 Å². The second-order valence-corrected chi connectivity index (χ2v) is 12.1. The molecule has 0 bridgehead atoms. The van der Waals surface area contributed by atoms with Crippen molar-refractivity contribution in [3.63, 3.8) is 0 Å². The molecule has 1 aromatic heterocycles. The lowest BCUT2D eigenvalue weighted by Gasteiger charge is -2.14. The zero-order valence-corrected chi connectivity index (χ0v) is 23.1. The molecule has 1 heterocycles. The van der Waals surface area contributed by atoms with Crippen molar-refractivity contribution in [1.82, 2.24) is 9.71 Å². The second kappa shape index (κ2) is 12.9. The van der Waals surface area contributed by atoms with Gasteiger partial charge < -0.3 is 10.4 Å². The Morgan fingerprint density at radius 3 is 2.40 bits per heavy atom. The number of alkyl halides is 3. The van der Waals surface area contributed by atoms with E-state index >= 15 is 0 Å². The molecule has 3 aromatic rings. The van der Waals surface area contributed by atoms with E-state index in [0.717, 1.165) is 36.0 Å². The van der Waals surface area contributed by atoms with Crippen LogP contribution in [0.15, 0.2) is 47.5 Å². The Balaban J connectivity index is 1.68. The van der Waals surface area contributed by atoms with Gasteiger partial charge in [0.2, 0.25) is 10.0 Å². The van der Waals surface area contributed by atoms with E-state index in [9.17, 15) is 40.7 Å². The van der Waals surface area contributed by atoms with Crippen LogP contribution in [0.3, 0.4) is 0 Å². The minimum absolute atomic E-state index is 0.0546. The van der Waals surface area contributed by atoms with Gasteiger partial charge in [-0.15, -0.1) is 11.3 Å². The van der Waals surface area contributed by atoms with Crippen LogP contribution >= 0.6 is 11.3 Å². The van der Waals surface area contributed by atoms with Gasteiger partial charge in [0.1, 0.15) is 10.7 Å². The highest BCUT2D eigenvalue weighted by molar-refractivity contribution is 7.89. The van der Waals surface area contributed by atoms with E-state index in [1.165, 1.54) is 4.88 Å². The lowest BCUT2D eigenvalue weighted by atomic mass is 10.1. The molecule has 3 rings (SSSR count). The summed E-state index contributed by atoms with van der Waals surface area (Å²) >= 11 is 1.64. The monoisotopic (exact) mass is 601 g/mol. The highest BCUT2D eigenvalue weighted by Crippen LogP contribution is 2.31. The number of hydrogen-bond acceptors (Lipinski definition) is 6. The zero-order chi connectivity index (χ0) is 29.7. The van der Waals surface area contributed by atoms with E-state index in [2.05, 4.69) is 28.9 Å². The molecular formula is C26H27F4N3O5S2. The molecule has 0 spiro atoms. The predicted octanol–water partition coefficient (Wildman–Crippen LogP) is 6.07. The van der Waals surface area contributed by atoms with Gasteiger partial charge in [0, 0.05) is 17.6 Å². The summed E-state index contributed by atoms with van der Waals surface area (Å²) in [6, 6.07) is 4.11. The average molecular weight is 602 g/mol. The Hall–Kier alpha value is -3.36. The van der Waals surface area contributed by atoms with Crippen LogP contribution in [0.4, 0.5) is 23.2 Å². The number of carboxylic acid groups (broad SMARTS) is 1. The maximum Gasteiger partial charge on any atom is 0.416 e. The van der Waals surface area contributed by atoms with E-state index in [0.29, 0.717) is 30.9 Å². The number of benzene rings is 2. The number of carbonyl (C=O) groups is 2. The molecule has 0 aliphatic rings. The summed E-state index contributed by atoms with van der Waals surface area (Å²) in [4.78, 5) is 29.2. The van der Waals surface area contributed by atoms with Gasteiger partial charge in [-0.25, -0.2) is 27.3 Å². The molecule has 0 aliphatic heterocycles. The minimum Gasteiger partial charge on any atom is -0.478 e. The number of nitrogens with one attached hydrogen (secondary N) is 2. The molecule has 216 valence electrons. The van der Waals surface area contributed by atoms with Crippen LogP contribution < -0.4 is 10.0 Å². The predicted molar refractivity (Wildman–Crippen MR) is 142 cm³/mol. The van der Waals surface area contributed by atoms with Crippen molar-refractivity contribution in [2.75, 3.05) is 11.9 Å². The molecule has 0 aliphatic carbocycles. The maximum atomic E-state index is 14.3. The standard InChI is InChI=1S/C26H27F4N3O5S2/c1-15(2)21-14-31-23(39-21)6-4-3-5-11-32-40(37,38)22-10-7-16(25(35)36)12-20(22)33-24(34)18-9-8-17(13-19(18)27)26(28,29)30/h7-10,12-15,32H,3-6,11H2,1-2H3,(H,33,34)(H,35,36). The van der Waals surface area contributed by atoms with Crippen LogP contribution in [0.5, 0.6) is 0 Å². The lowest BCUT2D eigenvalue weighted by Crippen LogP contribution is -2.27. The second-order valence-electron chi connectivity index (χ2n) is 9.18. The molecule has 40 heavy (non-hydrogen) atoms. The van der Waals surface area contributed by atoms with Gasteiger partial charge in [-0.2, -0.15) is 13.2 Å². The third-order valence-corrected chi connectivity index (χ3v) is 8.68. The summed E-state index contributed by atoms with van der Waals surface area (Å²) in [5.41, 5.74) is -2.94. The third kappa shape index (κ3) is 8.08. The summed E-state index contributed by atoms with van der Waals surface area (Å²) in [6.45, 7) is 4.23. The van der Waals surface area contributed by atoms with Crippen molar-refractivity contribution in [1.29, 1.82) is 0 Å². The molecule has 2 aromatic carbocycles. The molecule has 0 saturated heterocycles. The van der Waals surface area contributed by atoms with Crippen LogP contribution in [0, 0.1) is 5.82 Å². The van der Waals surface area contributed by atoms with Gasteiger partial charge in [-0.3, -0.25) is 4.79 Å². The van der Waals surface area contributed by atoms with Crippen molar-refractivity contribution in [2.45, 2.75) is 56.5 Å². The smallest absolute Gasteiger partial charge is 0.416 e. The van der Waals surface area contributed by atoms with Crippen LogP contribution in [-0.2, 0) is 22.6 Å². The summed E-state index contributed by atoms with van der Waals surface area (Å²) in [6.07, 6.45) is -0.230. The maximum absolute atomic E-state index is 14.3. The summed E-state index contributed by atoms with van der Waals surface area (Å²) in [5, 5.41) is 12.4. The summed E-state index contributed by atoms with van der Waals surface area (Å²) < 4.78 is 81.1. The molecule has 0 radical (unpaired) electrons. The fraction of sp³-hybridized carbons (Fsp3) is 0.346. The number of sulfonamides is 1. The number of amides is 1. The van der Waals surface area contributed by atoms with Gasteiger partial charge in [0.05, 0.1) is 27.4 Å². The number of anilines is 1. The number of rotatable bonds is 12. The number of aromatic carboxylic acids is 1. The molecule has 0 saturated carbocycles. The number of carboxylic acids is 1. The van der Waals surface area contributed by atoms with Crippen molar-refractivity contribution in [2.24, 2.45) is 0 Å². The molecule has 8 nitrogen and oxygen atoms in total. The molecule has 0 atom stereocenters. The van der Waals surface area contributed by atoms with Crippen LogP contribution in [0.25, 0.3) is 0 Å². The zero-order valence-electron chi connectivity index (χ0n) is 21.5. The average Bonchev–Trinajstić information content (AvgIpc) is 3.34. The number of hydrogen-bond donors (Lipinski definition) is 3. The summed E-state index contributed by atoms with van der Waals surface area (Å²) in [7, 11) is -4.25. The Labute approximate surface area is 232 Å². The Bertz CT molecular complexity index is 1490. The molecule has 0 unspecified atom stereocenters.